The topological polar surface area (TPSA) is 59.8 Å². The maximum Gasteiger partial charge on any atom is 0.160 e. The van der Waals surface area contributed by atoms with Crippen molar-refractivity contribution in [2.45, 2.75) is 6.17 Å². The average Bonchev–Trinajstić information content (AvgIpc) is 4.02. The van der Waals surface area contributed by atoms with Gasteiger partial charge in [0.25, 0.3) is 0 Å². The Morgan fingerprint density at radius 2 is 1.02 bits per heavy atom. The summed E-state index contributed by atoms with van der Waals surface area (Å²) in [6.07, 6.45) is -0.437. The number of aliphatic imine (C=N–C) groups is 2. The van der Waals surface area contributed by atoms with E-state index < -0.39 is 6.17 Å². The van der Waals surface area contributed by atoms with E-state index in [-0.39, 0.29) is 0 Å². The zero-order chi connectivity index (χ0) is 41.4. The molecule has 0 aliphatic carbocycles. The van der Waals surface area contributed by atoms with Crippen LogP contribution in [0.4, 0.5) is 0 Å². The highest BCUT2D eigenvalue weighted by Gasteiger charge is 2.26. The van der Waals surface area contributed by atoms with E-state index in [4.69, 9.17) is 14.4 Å². The molecule has 296 valence electrons. The maximum atomic E-state index is 6.38. The molecule has 0 saturated carbocycles. The minimum atomic E-state index is -0.437. The molecule has 0 radical (unpaired) electrons. The Hall–Kier alpha value is -8.48. The molecule has 0 spiro atoms. The van der Waals surface area contributed by atoms with Crippen LogP contribution in [-0.4, -0.2) is 20.8 Å². The molecule has 1 N–H and O–H groups in total. The van der Waals surface area contributed by atoms with Crippen molar-refractivity contribution in [3.8, 4) is 22.5 Å². The van der Waals surface area contributed by atoms with Crippen LogP contribution >= 0.6 is 0 Å². The van der Waals surface area contributed by atoms with E-state index in [9.17, 15) is 0 Å². The highest BCUT2D eigenvalue weighted by Crippen LogP contribution is 2.41. The minimum absolute atomic E-state index is 0.437. The van der Waals surface area contributed by atoms with Crippen molar-refractivity contribution in [1.82, 2.24) is 14.5 Å². The van der Waals surface area contributed by atoms with Gasteiger partial charge in [-0.1, -0.05) is 164 Å². The Kier molecular flexibility index (Phi) is 7.87. The summed E-state index contributed by atoms with van der Waals surface area (Å²) in [5.74, 6) is 1.40. The third kappa shape index (κ3) is 5.58. The van der Waals surface area contributed by atoms with Gasteiger partial charge in [-0.15, -0.1) is 0 Å². The molecule has 0 amide bonds. The largest absolute Gasteiger partial charge is 0.456 e. The molecule has 12 aromatic rings. The standard InChI is InChI=1S/C57H37N5O/c1-3-16-36(17-4-1)40-33-31-39(61-48-25-11-9-22-43(48)46-24-15-28-51(54(46)61)62-49-26-12-7-20-41(49)42-21-8-13-27-50(42)62)35-47(40)57-59-55(37-18-5-2-6-19-37)58-56(60-57)38-30-32-45-44-23-10-14-29-52(44)63-53(45)34-38/h1-35,56H,(H,58,59,60). The normalized spacial score (nSPS) is 14.2. The summed E-state index contributed by atoms with van der Waals surface area (Å²) in [6, 6.07) is 75.1. The summed E-state index contributed by atoms with van der Waals surface area (Å²) >= 11 is 0. The van der Waals surface area contributed by atoms with E-state index in [1.807, 2.05) is 30.3 Å². The summed E-state index contributed by atoms with van der Waals surface area (Å²) < 4.78 is 11.2. The Morgan fingerprint density at radius 3 is 1.75 bits per heavy atom. The number of amidine groups is 2. The van der Waals surface area contributed by atoms with Crippen molar-refractivity contribution >= 4 is 77.2 Å². The highest BCUT2D eigenvalue weighted by molar-refractivity contribution is 6.17. The number of furan rings is 1. The SMILES string of the molecule is c1ccc(C2=NC(c3cc(-n4c5ccccc5c5cccc(-n6c7ccccc7c7ccccc76)c54)ccc3-c3ccccc3)=NC(c3ccc4c(c3)oc3ccccc34)N2)cc1. The van der Waals surface area contributed by atoms with E-state index in [2.05, 4.69) is 196 Å². The van der Waals surface area contributed by atoms with Crippen molar-refractivity contribution in [2.24, 2.45) is 9.98 Å². The number of para-hydroxylation sites is 5. The zero-order valence-corrected chi connectivity index (χ0v) is 34.0. The predicted molar refractivity (Wildman–Crippen MR) is 260 cm³/mol. The first-order valence-corrected chi connectivity index (χ1v) is 21.4. The molecule has 0 fully saturated rings. The van der Waals surface area contributed by atoms with Crippen LogP contribution in [0.25, 0.3) is 88.1 Å². The first kappa shape index (κ1) is 35.3. The lowest BCUT2D eigenvalue weighted by Crippen LogP contribution is -2.33. The number of benzene rings is 9. The third-order valence-electron chi connectivity index (χ3n) is 12.6. The van der Waals surface area contributed by atoms with E-state index in [0.29, 0.717) is 5.84 Å². The van der Waals surface area contributed by atoms with Crippen LogP contribution in [-0.2, 0) is 0 Å². The van der Waals surface area contributed by atoms with Gasteiger partial charge in [-0.3, -0.25) is 0 Å². The molecule has 3 aromatic heterocycles. The van der Waals surface area contributed by atoms with E-state index in [1.54, 1.807) is 0 Å². The fourth-order valence-electron chi connectivity index (χ4n) is 9.75. The fourth-order valence-corrected chi connectivity index (χ4v) is 9.75. The van der Waals surface area contributed by atoms with Crippen molar-refractivity contribution in [1.29, 1.82) is 0 Å². The molecule has 13 rings (SSSR count). The lowest BCUT2D eigenvalue weighted by atomic mass is 9.97. The van der Waals surface area contributed by atoms with Crippen LogP contribution < -0.4 is 5.32 Å². The summed E-state index contributed by atoms with van der Waals surface area (Å²) in [7, 11) is 0. The van der Waals surface area contributed by atoms with Crippen LogP contribution in [0.5, 0.6) is 0 Å². The second-order valence-corrected chi connectivity index (χ2v) is 16.2. The van der Waals surface area contributed by atoms with Crippen LogP contribution in [0.2, 0.25) is 0 Å². The monoisotopic (exact) mass is 807 g/mol. The van der Waals surface area contributed by atoms with E-state index >= 15 is 0 Å². The van der Waals surface area contributed by atoms with Crippen LogP contribution in [0.3, 0.4) is 0 Å². The van der Waals surface area contributed by atoms with E-state index in [0.717, 1.165) is 78.0 Å². The van der Waals surface area contributed by atoms with Crippen LogP contribution in [0.15, 0.2) is 227 Å². The molecule has 1 unspecified atom stereocenters. The van der Waals surface area contributed by atoms with Gasteiger partial charge < -0.3 is 18.9 Å². The maximum absolute atomic E-state index is 6.38. The van der Waals surface area contributed by atoms with Crippen molar-refractivity contribution in [3.05, 3.63) is 229 Å². The van der Waals surface area contributed by atoms with Gasteiger partial charge in [0.2, 0.25) is 0 Å². The Balaban J connectivity index is 1.07. The number of fused-ring (bicyclic) bond motifs is 9. The summed E-state index contributed by atoms with van der Waals surface area (Å²) in [6.45, 7) is 0. The molecule has 9 aromatic carbocycles. The first-order valence-electron chi connectivity index (χ1n) is 21.4. The summed E-state index contributed by atoms with van der Waals surface area (Å²) in [4.78, 5) is 10.9. The molecule has 4 heterocycles. The van der Waals surface area contributed by atoms with Gasteiger partial charge in [0.15, 0.2) is 5.84 Å². The van der Waals surface area contributed by atoms with Gasteiger partial charge in [-0.2, -0.15) is 0 Å². The predicted octanol–water partition coefficient (Wildman–Crippen LogP) is 13.9. The second kappa shape index (κ2) is 14.0. The van der Waals surface area contributed by atoms with Crippen molar-refractivity contribution in [2.75, 3.05) is 0 Å². The lowest BCUT2D eigenvalue weighted by molar-refractivity contribution is 0.655. The second-order valence-electron chi connectivity index (χ2n) is 16.2. The number of nitrogens with one attached hydrogen (secondary N) is 1. The first-order chi connectivity index (χ1) is 31.2. The van der Waals surface area contributed by atoms with Gasteiger partial charge in [-0.25, -0.2) is 9.98 Å². The molecule has 0 bridgehead atoms. The third-order valence-corrected chi connectivity index (χ3v) is 12.6. The smallest absolute Gasteiger partial charge is 0.160 e. The fraction of sp³-hybridized carbons (Fsp3) is 0.0175. The van der Waals surface area contributed by atoms with Crippen LogP contribution in [0.1, 0.15) is 22.9 Å². The van der Waals surface area contributed by atoms with Gasteiger partial charge in [0.05, 0.1) is 27.8 Å². The Labute approximate surface area is 362 Å². The van der Waals surface area contributed by atoms with Gasteiger partial charge in [0, 0.05) is 54.7 Å². The molecular weight excluding hydrogens is 771 g/mol. The molecule has 6 nitrogen and oxygen atoms in total. The molecule has 1 atom stereocenters. The molecule has 1 aliphatic heterocycles. The number of hydrogen-bond acceptors (Lipinski definition) is 4. The number of aromatic nitrogens is 2. The Bertz CT molecular complexity index is 3780. The van der Waals surface area contributed by atoms with Gasteiger partial charge >= 0.3 is 0 Å². The average molecular weight is 808 g/mol. The van der Waals surface area contributed by atoms with Crippen molar-refractivity contribution < 1.29 is 4.42 Å². The lowest BCUT2D eigenvalue weighted by Gasteiger charge is -2.25. The minimum Gasteiger partial charge on any atom is -0.456 e. The molecule has 6 heteroatoms. The number of rotatable bonds is 6. The molecule has 0 saturated heterocycles. The van der Waals surface area contributed by atoms with E-state index in [1.165, 1.54) is 32.6 Å². The molecule has 1 aliphatic rings. The molecular formula is C57H37N5O. The highest BCUT2D eigenvalue weighted by atomic mass is 16.3. The van der Waals surface area contributed by atoms with Gasteiger partial charge in [-0.05, 0) is 59.7 Å². The van der Waals surface area contributed by atoms with Gasteiger partial charge in [0.1, 0.15) is 23.2 Å². The Morgan fingerprint density at radius 1 is 0.429 bits per heavy atom. The molecule has 63 heavy (non-hydrogen) atoms. The quantitative estimate of drug-likeness (QED) is 0.182. The van der Waals surface area contributed by atoms with Crippen LogP contribution in [0, 0.1) is 0 Å². The summed E-state index contributed by atoms with van der Waals surface area (Å²) in [5.41, 5.74) is 13.4. The zero-order valence-electron chi connectivity index (χ0n) is 34.0. The number of hydrogen-bond donors (Lipinski definition) is 1. The number of nitrogens with zero attached hydrogens (tertiary/aromatic N) is 4. The van der Waals surface area contributed by atoms with Crippen molar-refractivity contribution in [3.63, 3.8) is 0 Å². The summed E-state index contributed by atoms with van der Waals surface area (Å²) in [5, 5.41) is 10.7.